The van der Waals surface area contributed by atoms with Crippen LogP contribution in [-0.2, 0) is 14.3 Å². The summed E-state index contributed by atoms with van der Waals surface area (Å²) >= 11 is 0. The summed E-state index contributed by atoms with van der Waals surface area (Å²) in [6, 6.07) is 9.57. The normalized spacial score (nSPS) is 17.1. The molecular weight excluding hydrogens is 336 g/mol. The Morgan fingerprint density at radius 3 is 2.69 bits per heavy atom. The van der Waals surface area contributed by atoms with Gasteiger partial charge < -0.3 is 20.5 Å². The number of likely N-dealkylation sites (tertiary alicyclic amines) is 1. The van der Waals surface area contributed by atoms with Crippen molar-refractivity contribution in [2.45, 2.75) is 25.3 Å². The second kappa shape index (κ2) is 7.43. The standard InChI is InChI=1S/C19H20N2O5/c20-18(24)15-7-3-4-10-21(15)16(22)11-26-19(25)14-9-8-12-5-1-2-6-13(12)17(14)23/h1-2,5-6,8-9,15,23H,3-4,7,10-11H2,(H2,20,24)/t15-/m0/s1. The number of carbonyl (C=O) groups excluding carboxylic acids is 3. The number of phenolic OH excluding ortho intramolecular Hbond substituents is 1. The number of esters is 1. The average Bonchev–Trinajstić information content (AvgIpc) is 2.66. The number of carbonyl (C=O) groups is 3. The van der Waals surface area contributed by atoms with Gasteiger partial charge in [0.05, 0.1) is 0 Å². The van der Waals surface area contributed by atoms with E-state index in [-0.39, 0.29) is 11.3 Å². The van der Waals surface area contributed by atoms with E-state index in [1.165, 1.54) is 11.0 Å². The first kappa shape index (κ1) is 17.7. The van der Waals surface area contributed by atoms with Crippen molar-refractivity contribution in [1.82, 2.24) is 4.90 Å². The second-order valence-electron chi connectivity index (χ2n) is 6.26. The second-order valence-corrected chi connectivity index (χ2v) is 6.26. The quantitative estimate of drug-likeness (QED) is 0.808. The van der Waals surface area contributed by atoms with Crippen molar-refractivity contribution >= 4 is 28.6 Å². The number of aromatic hydroxyl groups is 1. The van der Waals surface area contributed by atoms with Crippen molar-refractivity contribution in [3.63, 3.8) is 0 Å². The summed E-state index contributed by atoms with van der Waals surface area (Å²) in [5, 5.41) is 11.6. The molecule has 0 aliphatic carbocycles. The zero-order chi connectivity index (χ0) is 18.7. The molecule has 0 aromatic heterocycles. The van der Waals surface area contributed by atoms with E-state index in [9.17, 15) is 19.5 Å². The Balaban J connectivity index is 1.69. The number of rotatable bonds is 4. The third-order valence-electron chi connectivity index (χ3n) is 4.60. The molecule has 136 valence electrons. The summed E-state index contributed by atoms with van der Waals surface area (Å²) in [4.78, 5) is 37.4. The minimum Gasteiger partial charge on any atom is -0.506 e. The molecule has 0 unspecified atom stereocenters. The zero-order valence-electron chi connectivity index (χ0n) is 14.2. The zero-order valence-corrected chi connectivity index (χ0v) is 14.2. The molecule has 0 saturated carbocycles. The van der Waals surface area contributed by atoms with Crippen LogP contribution >= 0.6 is 0 Å². The van der Waals surface area contributed by atoms with Crippen molar-refractivity contribution in [3.05, 3.63) is 42.0 Å². The summed E-state index contributed by atoms with van der Waals surface area (Å²) in [7, 11) is 0. The maximum Gasteiger partial charge on any atom is 0.342 e. The SMILES string of the molecule is NC(=O)[C@@H]1CCCCN1C(=O)COC(=O)c1ccc2ccccc2c1O. The topological polar surface area (TPSA) is 110 Å². The predicted octanol–water partition coefficient (Wildman–Crippen LogP) is 1.57. The van der Waals surface area contributed by atoms with Crippen LogP contribution in [0, 0.1) is 0 Å². The number of nitrogens with zero attached hydrogens (tertiary/aromatic N) is 1. The van der Waals surface area contributed by atoms with E-state index in [0.29, 0.717) is 18.4 Å². The molecule has 26 heavy (non-hydrogen) atoms. The highest BCUT2D eigenvalue weighted by molar-refractivity contribution is 6.01. The molecule has 0 bridgehead atoms. The van der Waals surface area contributed by atoms with Crippen LogP contribution in [0.4, 0.5) is 0 Å². The molecule has 1 saturated heterocycles. The van der Waals surface area contributed by atoms with Gasteiger partial charge in [-0.3, -0.25) is 9.59 Å². The van der Waals surface area contributed by atoms with E-state index in [1.54, 1.807) is 18.2 Å². The lowest BCUT2D eigenvalue weighted by Crippen LogP contribution is -2.51. The first-order chi connectivity index (χ1) is 12.5. The molecule has 0 spiro atoms. The van der Waals surface area contributed by atoms with Crippen molar-refractivity contribution in [1.29, 1.82) is 0 Å². The van der Waals surface area contributed by atoms with Crippen molar-refractivity contribution in [2.75, 3.05) is 13.2 Å². The van der Waals surface area contributed by atoms with Crippen LogP contribution < -0.4 is 5.73 Å². The van der Waals surface area contributed by atoms with E-state index < -0.39 is 30.4 Å². The molecule has 1 atom stereocenters. The maximum atomic E-state index is 12.3. The Hall–Kier alpha value is -3.09. The Kier molecular flexibility index (Phi) is 5.06. The van der Waals surface area contributed by atoms with Crippen molar-refractivity contribution in [3.8, 4) is 5.75 Å². The molecule has 7 nitrogen and oxygen atoms in total. The Bertz CT molecular complexity index is 864. The van der Waals surface area contributed by atoms with Crippen LogP contribution in [-0.4, -0.2) is 47.0 Å². The van der Waals surface area contributed by atoms with E-state index >= 15 is 0 Å². The number of nitrogens with two attached hydrogens (primary N) is 1. The van der Waals surface area contributed by atoms with E-state index in [4.69, 9.17) is 10.5 Å². The van der Waals surface area contributed by atoms with Gasteiger partial charge in [-0.25, -0.2) is 4.79 Å². The van der Waals surface area contributed by atoms with Gasteiger partial charge in [-0.2, -0.15) is 0 Å². The average molecular weight is 356 g/mol. The van der Waals surface area contributed by atoms with Gasteiger partial charge in [-0.05, 0) is 30.7 Å². The molecule has 1 aliphatic heterocycles. The van der Waals surface area contributed by atoms with Crippen molar-refractivity contribution in [2.24, 2.45) is 5.73 Å². The fourth-order valence-electron chi connectivity index (χ4n) is 3.23. The van der Waals surface area contributed by atoms with Gasteiger partial charge in [-0.1, -0.05) is 30.3 Å². The van der Waals surface area contributed by atoms with Gasteiger partial charge in [0.25, 0.3) is 5.91 Å². The molecule has 1 aliphatic rings. The number of benzene rings is 2. The third-order valence-corrected chi connectivity index (χ3v) is 4.60. The smallest absolute Gasteiger partial charge is 0.342 e. The number of primary amides is 1. The third kappa shape index (κ3) is 3.46. The molecule has 7 heteroatoms. The van der Waals surface area contributed by atoms with Crippen LogP contribution in [0.25, 0.3) is 10.8 Å². The highest BCUT2D eigenvalue weighted by atomic mass is 16.5. The molecule has 1 heterocycles. The summed E-state index contributed by atoms with van der Waals surface area (Å²) < 4.78 is 5.06. The maximum absolute atomic E-state index is 12.3. The number of fused-ring (bicyclic) bond motifs is 1. The Morgan fingerprint density at radius 2 is 1.92 bits per heavy atom. The largest absolute Gasteiger partial charge is 0.506 e. The fraction of sp³-hybridized carbons (Fsp3) is 0.316. The molecule has 3 N–H and O–H groups in total. The Morgan fingerprint density at radius 1 is 1.15 bits per heavy atom. The minimum absolute atomic E-state index is 0.0124. The van der Waals surface area contributed by atoms with Gasteiger partial charge in [0.2, 0.25) is 5.91 Å². The van der Waals surface area contributed by atoms with Crippen molar-refractivity contribution < 1.29 is 24.2 Å². The van der Waals surface area contributed by atoms with Gasteiger partial charge in [-0.15, -0.1) is 0 Å². The fourth-order valence-corrected chi connectivity index (χ4v) is 3.23. The van der Waals surface area contributed by atoms with Gasteiger partial charge in [0.1, 0.15) is 17.4 Å². The summed E-state index contributed by atoms with van der Waals surface area (Å²) in [6.07, 6.45) is 2.11. The number of ether oxygens (including phenoxy) is 1. The monoisotopic (exact) mass is 356 g/mol. The lowest BCUT2D eigenvalue weighted by Gasteiger charge is -2.33. The summed E-state index contributed by atoms with van der Waals surface area (Å²) in [6.45, 7) is -0.0971. The van der Waals surface area contributed by atoms with Crippen LogP contribution in [0.3, 0.4) is 0 Å². The summed E-state index contributed by atoms with van der Waals surface area (Å²) in [5.74, 6) is -2.01. The van der Waals surface area contributed by atoms with E-state index in [1.807, 2.05) is 12.1 Å². The lowest BCUT2D eigenvalue weighted by molar-refractivity contribution is -0.143. The molecular formula is C19H20N2O5. The number of phenols is 1. The van der Waals surface area contributed by atoms with Gasteiger partial charge in [0.15, 0.2) is 6.61 Å². The Labute approximate surface area is 150 Å². The van der Waals surface area contributed by atoms with E-state index in [2.05, 4.69) is 0 Å². The predicted molar refractivity (Wildman–Crippen MR) is 94.4 cm³/mol. The molecule has 0 radical (unpaired) electrons. The molecule has 2 aromatic rings. The highest BCUT2D eigenvalue weighted by Crippen LogP contribution is 2.29. The van der Waals surface area contributed by atoms with Crippen LogP contribution in [0.2, 0.25) is 0 Å². The van der Waals surface area contributed by atoms with Gasteiger partial charge >= 0.3 is 5.97 Å². The molecule has 3 rings (SSSR count). The van der Waals surface area contributed by atoms with Crippen LogP contribution in [0.15, 0.2) is 36.4 Å². The van der Waals surface area contributed by atoms with Crippen LogP contribution in [0.1, 0.15) is 29.6 Å². The summed E-state index contributed by atoms with van der Waals surface area (Å²) in [5.41, 5.74) is 5.33. The first-order valence-electron chi connectivity index (χ1n) is 8.45. The number of piperidine rings is 1. The van der Waals surface area contributed by atoms with Gasteiger partial charge in [0, 0.05) is 11.9 Å². The number of hydrogen-bond acceptors (Lipinski definition) is 5. The molecule has 2 aromatic carbocycles. The molecule has 1 fully saturated rings. The highest BCUT2D eigenvalue weighted by Gasteiger charge is 2.31. The number of amides is 2. The number of hydrogen-bond donors (Lipinski definition) is 2. The first-order valence-corrected chi connectivity index (χ1v) is 8.45. The molecule has 2 amide bonds. The van der Waals surface area contributed by atoms with E-state index in [0.717, 1.165) is 18.2 Å². The minimum atomic E-state index is -0.797. The van der Waals surface area contributed by atoms with Crippen LogP contribution in [0.5, 0.6) is 5.75 Å². The lowest BCUT2D eigenvalue weighted by atomic mass is 10.0.